The molecule has 1 saturated heterocycles. The summed E-state index contributed by atoms with van der Waals surface area (Å²) in [6.07, 6.45) is 2.84. The number of nitrogens with one attached hydrogen (secondary N) is 4. The smallest absolute Gasteiger partial charge is 0.239 e. The van der Waals surface area contributed by atoms with Crippen LogP contribution in [-0.4, -0.2) is 112 Å². The van der Waals surface area contributed by atoms with E-state index in [1.54, 1.807) is 0 Å². The molecule has 5 N–H and O–H groups in total. The van der Waals surface area contributed by atoms with E-state index in [4.69, 9.17) is 14.6 Å². The first-order valence-corrected chi connectivity index (χ1v) is 12.4. The van der Waals surface area contributed by atoms with Crippen LogP contribution in [0, 0.1) is 5.92 Å². The Balaban J connectivity index is 1.97. The van der Waals surface area contributed by atoms with Crippen molar-refractivity contribution in [2.45, 2.75) is 39.0 Å². The highest BCUT2D eigenvalue weighted by molar-refractivity contribution is 5.89. The SMILES string of the molecule is C[C@H]1CCN(C(=O)CCCCC(=O)NCC(=O)NCC(=O)NCC(=O)NCCOCCOCCO)C1. The second kappa shape index (κ2) is 19.4. The summed E-state index contributed by atoms with van der Waals surface area (Å²) in [6.45, 7) is 4.33. The van der Waals surface area contributed by atoms with Gasteiger partial charge in [-0.25, -0.2) is 0 Å². The van der Waals surface area contributed by atoms with Crippen molar-refractivity contribution in [2.75, 3.05) is 72.3 Å². The molecule has 0 spiro atoms. The summed E-state index contributed by atoms with van der Waals surface area (Å²) in [7, 11) is 0. The summed E-state index contributed by atoms with van der Waals surface area (Å²) in [4.78, 5) is 61.0. The Morgan fingerprint density at radius 1 is 0.778 bits per heavy atom. The van der Waals surface area contributed by atoms with Gasteiger partial charge in [0.1, 0.15) is 0 Å². The normalized spacial score (nSPS) is 14.8. The van der Waals surface area contributed by atoms with Gasteiger partial charge in [-0.15, -0.1) is 0 Å². The number of unbranched alkanes of at least 4 members (excludes halogenated alkanes) is 1. The van der Waals surface area contributed by atoms with Gasteiger partial charge in [0, 0.05) is 32.5 Å². The van der Waals surface area contributed by atoms with E-state index >= 15 is 0 Å². The number of aliphatic hydroxyl groups is 1. The zero-order valence-electron chi connectivity index (χ0n) is 21.1. The lowest BCUT2D eigenvalue weighted by atomic mass is 10.1. The topological polar surface area (TPSA) is 175 Å². The first-order valence-electron chi connectivity index (χ1n) is 12.4. The maximum atomic E-state index is 12.1. The number of hydrogen-bond donors (Lipinski definition) is 5. The number of likely N-dealkylation sites (tertiary alicyclic amines) is 1. The van der Waals surface area contributed by atoms with E-state index in [1.165, 1.54) is 0 Å². The van der Waals surface area contributed by atoms with E-state index in [-0.39, 0.29) is 64.2 Å². The highest BCUT2D eigenvalue weighted by atomic mass is 16.5. The van der Waals surface area contributed by atoms with Gasteiger partial charge in [-0.2, -0.15) is 0 Å². The Bertz CT molecular complexity index is 706. The molecule has 1 aliphatic heterocycles. The molecule has 0 radical (unpaired) electrons. The number of nitrogens with zero attached hydrogens (tertiary/aromatic N) is 1. The predicted molar refractivity (Wildman–Crippen MR) is 130 cm³/mol. The fraction of sp³-hybridized carbons (Fsp3) is 0.783. The van der Waals surface area contributed by atoms with E-state index < -0.39 is 17.7 Å². The largest absolute Gasteiger partial charge is 0.394 e. The fourth-order valence-corrected chi connectivity index (χ4v) is 3.34. The Morgan fingerprint density at radius 3 is 1.92 bits per heavy atom. The average molecular weight is 516 g/mol. The molecule has 36 heavy (non-hydrogen) atoms. The molecule has 1 fully saturated rings. The van der Waals surface area contributed by atoms with Gasteiger partial charge < -0.3 is 40.7 Å². The quantitative estimate of drug-likeness (QED) is 0.122. The van der Waals surface area contributed by atoms with Crippen LogP contribution >= 0.6 is 0 Å². The maximum Gasteiger partial charge on any atom is 0.239 e. The molecular formula is C23H41N5O8. The number of hydrogen-bond acceptors (Lipinski definition) is 8. The van der Waals surface area contributed by atoms with Crippen molar-refractivity contribution in [1.82, 2.24) is 26.2 Å². The van der Waals surface area contributed by atoms with E-state index in [2.05, 4.69) is 28.2 Å². The monoisotopic (exact) mass is 515 g/mol. The highest BCUT2D eigenvalue weighted by Gasteiger charge is 2.22. The number of ether oxygens (including phenoxy) is 2. The van der Waals surface area contributed by atoms with Gasteiger partial charge in [-0.3, -0.25) is 24.0 Å². The highest BCUT2D eigenvalue weighted by Crippen LogP contribution is 2.16. The van der Waals surface area contributed by atoms with Crippen LogP contribution in [0.2, 0.25) is 0 Å². The van der Waals surface area contributed by atoms with Gasteiger partial charge >= 0.3 is 0 Å². The van der Waals surface area contributed by atoms with Crippen LogP contribution in [0.3, 0.4) is 0 Å². The van der Waals surface area contributed by atoms with Crippen LogP contribution in [-0.2, 0) is 33.4 Å². The number of amides is 5. The van der Waals surface area contributed by atoms with Crippen LogP contribution < -0.4 is 21.3 Å². The third kappa shape index (κ3) is 16.0. The van der Waals surface area contributed by atoms with Gasteiger partial charge in [0.25, 0.3) is 0 Å². The molecule has 0 unspecified atom stereocenters. The van der Waals surface area contributed by atoms with Crippen LogP contribution in [0.15, 0.2) is 0 Å². The minimum atomic E-state index is -0.542. The minimum absolute atomic E-state index is 0.0500. The van der Waals surface area contributed by atoms with Crippen LogP contribution in [0.1, 0.15) is 39.0 Å². The summed E-state index contributed by atoms with van der Waals surface area (Å²) in [5.74, 6) is -1.10. The second-order valence-electron chi connectivity index (χ2n) is 8.57. The molecule has 1 atom stereocenters. The molecule has 0 aromatic carbocycles. The lowest BCUT2D eigenvalue weighted by Crippen LogP contribution is -2.44. The number of aliphatic hydroxyl groups excluding tert-OH is 1. The van der Waals surface area contributed by atoms with Gasteiger partial charge in [0.2, 0.25) is 29.5 Å². The molecule has 5 amide bonds. The molecule has 1 aliphatic rings. The van der Waals surface area contributed by atoms with Gasteiger partial charge in [-0.05, 0) is 25.2 Å². The first-order chi connectivity index (χ1) is 17.3. The van der Waals surface area contributed by atoms with Crippen molar-refractivity contribution >= 4 is 29.5 Å². The Morgan fingerprint density at radius 2 is 1.33 bits per heavy atom. The molecule has 0 aromatic rings. The van der Waals surface area contributed by atoms with Crippen LogP contribution in [0.25, 0.3) is 0 Å². The minimum Gasteiger partial charge on any atom is -0.394 e. The molecular weight excluding hydrogens is 474 g/mol. The van der Waals surface area contributed by atoms with Crippen molar-refractivity contribution in [3.63, 3.8) is 0 Å². The molecule has 1 heterocycles. The zero-order valence-corrected chi connectivity index (χ0v) is 21.1. The number of carbonyl (C=O) groups excluding carboxylic acids is 5. The summed E-state index contributed by atoms with van der Waals surface area (Å²) >= 11 is 0. The van der Waals surface area contributed by atoms with E-state index in [0.717, 1.165) is 19.5 Å². The fourth-order valence-electron chi connectivity index (χ4n) is 3.34. The second-order valence-corrected chi connectivity index (χ2v) is 8.57. The van der Waals surface area contributed by atoms with Crippen molar-refractivity contribution < 1.29 is 38.6 Å². The molecule has 1 rings (SSSR count). The molecule has 0 saturated carbocycles. The maximum absolute atomic E-state index is 12.1. The van der Waals surface area contributed by atoms with Crippen molar-refractivity contribution in [1.29, 1.82) is 0 Å². The third-order valence-electron chi connectivity index (χ3n) is 5.34. The molecule has 206 valence electrons. The van der Waals surface area contributed by atoms with E-state index in [0.29, 0.717) is 38.4 Å². The van der Waals surface area contributed by atoms with E-state index in [9.17, 15) is 24.0 Å². The molecule has 0 aliphatic carbocycles. The zero-order chi connectivity index (χ0) is 26.6. The van der Waals surface area contributed by atoms with Gasteiger partial charge in [0.15, 0.2) is 0 Å². The predicted octanol–water partition coefficient (Wildman–Crippen LogP) is -2.09. The molecule has 13 heteroatoms. The molecule has 0 aromatic heterocycles. The Labute approximate surface area is 212 Å². The summed E-state index contributed by atoms with van der Waals surface area (Å²) in [5, 5.41) is 18.3. The standard InChI is InChI=1S/C23H41N5O8/c1-18-6-8-28(17-18)23(34)5-3-2-4-19(30)25-15-21(32)27-16-22(33)26-14-20(31)24-7-10-35-12-13-36-11-9-29/h18,29H,2-17H2,1H3,(H,24,31)(H,25,30)(H,26,33)(H,27,32)/t18-/m0/s1. The summed E-state index contributed by atoms with van der Waals surface area (Å²) < 4.78 is 10.2. The van der Waals surface area contributed by atoms with Crippen molar-refractivity contribution in [2.24, 2.45) is 5.92 Å². The lowest BCUT2D eigenvalue weighted by Gasteiger charge is -2.15. The number of rotatable bonds is 19. The first kappa shape index (κ1) is 31.3. The van der Waals surface area contributed by atoms with Crippen LogP contribution in [0.4, 0.5) is 0 Å². The van der Waals surface area contributed by atoms with Gasteiger partial charge in [0.05, 0.1) is 52.7 Å². The Kier molecular flexibility index (Phi) is 16.9. The Hall–Kier alpha value is -2.77. The molecule has 0 bridgehead atoms. The van der Waals surface area contributed by atoms with Crippen LogP contribution in [0.5, 0.6) is 0 Å². The summed E-state index contributed by atoms with van der Waals surface area (Å²) in [5.41, 5.74) is 0. The molecule has 13 nitrogen and oxygen atoms in total. The average Bonchev–Trinajstić information content (AvgIpc) is 3.30. The van der Waals surface area contributed by atoms with Gasteiger partial charge in [-0.1, -0.05) is 6.92 Å². The van der Waals surface area contributed by atoms with Crippen molar-refractivity contribution in [3.8, 4) is 0 Å². The van der Waals surface area contributed by atoms with E-state index in [1.807, 2.05) is 4.90 Å². The lowest BCUT2D eigenvalue weighted by molar-refractivity contribution is -0.130. The van der Waals surface area contributed by atoms with Crippen molar-refractivity contribution in [3.05, 3.63) is 0 Å². The summed E-state index contributed by atoms with van der Waals surface area (Å²) in [6, 6.07) is 0. The third-order valence-corrected chi connectivity index (χ3v) is 5.34. The number of carbonyl (C=O) groups is 5.